The molecule has 0 amide bonds. The van der Waals surface area contributed by atoms with Crippen LogP contribution in [0.1, 0.15) is 16.8 Å². The van der Waals surface area contributed by atoms with Gasteiger partial charge >= 0.3 is 0 Å². The van der Waals surface area contributed by atoms with Gasteiger partial charge in [0.15, 0.2) is 9.84 Å². The number of rotatable bonds is 7. The second kappa shape index (κ2) is 8.39. The van der Waals surface area contributed by atoms with Crippen molar-refractivity contribution >= 4 is 20.9 Å². The number of nitrogens with one attached hydrogen (secondary N) is 2. The highest BCUT2D eigenvalue weighted by Gasteiger charge is 2.14. The highest BCUT2D eigenvalue weighted by Crippen LogP contribution is 2.32. The zero-order valence-corrected chi connectivity index (χ0v) is 17.4. The van der Waals surface area contributed by atoms with Gasteiger partial charge in [0.25, 0.3) is 0 Å². The first-order valence-electron chi connectivity index (χ1n) is 9.61. The molecule has 7 heteroatoms. The van der Waals surface area contributed by atoms with Gasteiger partial charge in [0.2, 0.25) is 0 Å². The lowest BCUT2D eigenvalue weighted by Crippen LogP contribution is -2.13. The highest BCUT2D eigenvalue weighted by atomic mass is 32.2. The summed E-state index contributed by atoms with van der Waals surface area (Å²) in [6.45, 7) is 1.18. The molecular formula is C23H23N3O3S. The van der Waals surface area contributed by atoms with Crippen molar-refractivity contribution in [2.75, 3.05) is 6.26 Å². The first kappa shape index (κ1) is 20.3. The van der Waals surface area contributed by atoms with Crippen molar-refractivity contribution in [3.8, 4) is 11.1 Å². The van der Waals surface area contributed by atoms with Crippen molar-refractivity contribution in [2.24, 2.45) is 0 Å². The van der Waals surface area contributed by atoms with E-state index < -0.39 is 9.84 Å². The quantitative estimate of drug-likeness (QED) is 0.425. The van der Waals surface area contributed by atoms with E-state index >= 15 is 0 Å². The fourth-order valence-corrected chi connectivity index (χ4v) is 4.18. The normalized spacial score (nSPS) is 11.8. The second-order valence-corrected chi connectivity index (χ2v) is 9.27. The van der Waals surface area contributed by atoms with E-state index in [1.165, 1.54) is 6.26 Å². The molecule has 0 fully saturated rings. The Hall–Kier alpha value is -3.00. The van der Waals surface area contributed by atoms with E-state index in [1.807, 2.05) is 48.5 Å². The molecule has 154 valence electrons. The Labute approximate surface area is 175 Å². The van der Waals surface area contributed by atoms with Crippen LogP contribution in [0.3, 0.4) is 0 Å². The first-order chi connectivity index (χ1) is 14.5. The number of aliphatic hydroxyl groups excluding tert-OH is 1. The van der Waals surface area contributed by atoms with Gasteiger partial charge in [0.05, 0.1) is 11.5 Å². The molecule has 4 aromatic rings. The molecule has 2 heterocycles. The molecule has 0 saturated carbocycles. The summed E-state index contributed by atoms with van der Waals surface area (Å²) in [4.78, 5) is 8.16. The predicted octanol–water partition coefficient (Wildman–Crippen LogP) is 3.42. The predicted molar refractivity (Wildman–Crippen MR) is 118 cm³/mol. The molecule has 2 aromatic heterocycles. The van der Waals surface area contributed by atoms with Crippen LogP contribution in [0.2, 0.25) is 0 Å². The highest BCUT2D eigenvalue weighted by molar-refractivity contribution is 7.90. The lowest BCUT2D eigenvalue weighted by molar-refractivity contribution is 0.282. The molecule has 0 radical (unpaired) electrons. The zero-order chi connectivity index (χ0) is 21.1. The molecule has 0 aliphatic heterocycles. The van der Waals surface area contributed by atoms with Gasteiger partial charge in [-0.1, -0.05) is 30.3 Å². The molecule has 0 atom stereocenters. The van der Waals surface area contributed by atoms with Crippen LogP contribution in [-0.4, -0.2) is 29.7 Å². The number of aromatic nitrogens is 2. The average molecular weight is 422 g/mol. The van der Waals surface area contributed by atoms with Crippen molar-refractivity contribution < 1.29 is 13.5 Å². The summed E-state index contributed by atoms with van der Waals surface area (Å²) in [7, 11) is -3.19. The minimum absolute atomic E-state index is 0.00843. The lowest BCUT2D eigenvalue weighted by atomic mass is 10.0. The third-order valence-electron chi connectivity index (χ3n) is 5.03. The van der Waals surface area contributed by atoms with Crippen LogP contribution in [-0.2, 0) is 29.5 Å². The van der Waals surface area contributed by atoms with Gasteiger partial charge in [-0.25, -0.2) is 13.4 Å². The summed E-state index contributed by atoms with van der Waals surface area (Å²) < 4.78 is 23.2. The minimum Gasteiger partial charge on any atom is -0.392 e. The number of aliphatic hydroxyl groups is 1. The van der Waals surface area contributed by atoms with Crippen molar-refractivity contribution in [2.45, 2.75) is 24.6 Å². The maximum absolute atomic E-state index is 11.6. The lowest BCUT2D eigenvalue weighted by Gasteiger charge is -2.09. The summed E-state index contributed by atoms with van der Waals surface area (Å²) >= 11 is 0. The van der Waals surface area contributed by atoms with Crippen LogP contribution in [0.25, 0.3) is 22.2 Å². The van der Waals surface area contributed by atoms with E-state index in [0.29, 0.717) is 18.0 Å². The van der Waals surface area contributed by atoms with Crippen LogP contribution >= 0.6 is 0 Å². The van der Waals surface area contributed by atoms with Crippen LogP contribution in [0.5, 0.6) is 0 Å². The Morgan fingerprint density at radius 2 is 1.80 bits per heavy atom. The standard InChI is InChI=1S/C23H23N3O3S/c1-30(28,29)19-9-7-16(8-10-19)13-24-14-21-22(18-5-2-4-17(12-18)15-27)20-6-3-11-25-23(20)26-21/h2-12,24,27H,13-15H2,1H3,(H,25,26). The summed E-state index contributed by atoms with van der Waals surface area (Å²) in [5.74, 6) is 0. The van der Waals surface area contributed by atoms with Crippen LogP contribution in [0.15, 0.2) is 71.8 Å². The number of pyridine rings is 1. The summed E-state index contributed by atoms with van der Waals surface area (Å²) in [5.41, 5.74) is 5.77. The Morgan fingerprint density at radius 3 is 2.53 bits per heavy atom. The molecule has 6 nitrogen and oxygen atoms in total. The summed E-state index contributed by atoms with van der Waals surface area (Å²) in [6, 6.07) is 18.7. The van der Waals surface area contributed by atoms with Crippen LogP contribution in [0, 0.1) is 0 Å². The Balaban J connectivity index is 1.58. The van der Waals surface area contributed by atoms with Gasteiger partial charge < -0.3 is 15.4 Å². The van der Waals surface area contributed by atoms with Crippen molar-refractivity contribution in [1.29, 1.82) is 0 Å². The monoisotopic (exact) mass is 421 g/mol. The largest absolute Gasteiger partial charge is 0.392 e. The number of nitrogens with zero attached hydrogens (tertiary/aromatic N) is 1. The molecule has 0 saturated heterocycles. The SMILES string of the molecule is CS(=O)(=O)c1ccc(CNCc2[nH]c3ncccc3c2-c2cccc(CO)c2)cc1. The molecule has 0 aliphatic rings. The van der Waals surface area contributed by atoms with E-state index in [9.17, 15) is 13.5 Å². The number of hydrogen-bond donors (Lipinski definition) is 3. The number of benzene rings is 2. The average Bonchev–Trinajstić information content (AvgIpc) is 3.12. The van der Waals surface area contributed by atoms with Gasteiger partial charge in [-0.3, -0.25) is 0 Å². The Kier molecular flexibility index (Phi) is 5.67. The molecule has 0 aliphatic carbocycles. The summed E-state index contributed by atoms with van der Waals surface area (Å²) in [5, 5.41) is 14.0. The van der Waals surface area contributed by atoms with E-state index in [2.05, 4.69) is 15.3 Å². The van der Waals surface area contributed by atoms with Gasteiger partial charge in [-0.2, -0.15) is 0 Å². The van der Waals surface area contributed by atoms with Crippen LogP contribution in [0.4, 0.5) is 0 Å². The van der Waals surface area contributed by atoms with Gasteiger partial charge in [-0.15, -0.1) is 0 Å². The zero-order valence-electron chi connectivity index (χ0n) is 16.6. The molecule has 4 rings (SSSR count). The molecule has 0 unspecified atom stereocenters. The number of hydrogen-bond acceptors (Lipinski definition) is 5. The molecular weight excluding hydrogens is 398 g/mol. The molecule has 0 spiro atoms. The molecule has 30 heavy (non-hydrogen) atoms. The Morgan fingerprint density at radius 1 is 1.00 bits per heavy atom. The summed E-state index contributed by atoms with van der Waals surface area (Å²) in [6.07, 6.45) is 2.96. The maximum Gasteiger partial charge on any atom is 0.175 e. The van der Waals surface area contributed by atoms with E-state index in [1.54, 1.807) is 18.3 Å². The number of H-pyrrole nitrogens is 1. The third-order valence-corrected chi connectivity index (χ3v) is 6.16. The fourth-order valence-electron chi connectivity index (χ4n) is 3.55. The number of fused-ring (bicyclic) bond motifs is 1. The second-order valence-electron chi connectivity index (χ2n) is 7.26. The van der Waals surface area contributed by atoms with Crippen LogP contribution < -0.4 is 5.32 Å². The first-order valence-corrected chi connectivity index (χ1v) is 11.5. The maximum atomic E-state index is 11.6. The van der Waals surface area contributed by atoms with Gasteiger partial charge in [0, 0.05) is 42.2 Å². The van der Waals surface area contributed by atoms with E-state index in [-0.39, 0.29) is 6.61 Å². The molecule has 3 N–H and O–H groups in total. The minimum atomic E-state index is -3.19. The van der Waals surface area contributed by atoms with Crippen molar-refractivity contribution in [3.63, 3.8) is 0 Å². The van der Waals surface area contributed by atoms with Gasteiger partial charge in [0.1, 0.15) is 5.65 Å². The number of aromatic amines is 1. The van der Waals surface area contributed by atoms with Crippen molar-refractivity contribution in [3.05, 3.63) is 83.7 Å². The number of sulfone groups is 1. The topological polar surface area (TPSA) is 95.1 Å². The smallest absolute Gasteiger partial charge is 0.175 e. The van der Waals surface area contributed by atoms with Crippen molar-refractivity contribution in [1.82, 2.24) is 15.3 Å². The van der Waals surface area contributed by atoms with Gasteiger partial charge in [-0.05, 0) is 47.0 Å². The van der Waals surface area contributed by atoms with E-state index in [0.717, 1.165) is 39.0 Å². The third kappa shape index (κ3) is 4.28. The Bertz CT molecular complexity index is 1280. The van der Waals surface area contributed by atoms with E-state index in [4.69, 9.17) is 0 Å². The molecule has 2 aromatic carbocycles. The fraction of sp³-hybridized carbons (Fsp3) is 0.174. The molecule has 0 bridgehead atoms.